The highest BCUT2D eigenvalue weighted by Gasteiger charge is 2.11. The Labute approximate surface area is 138 Å². The molecule has 0 saturated carbocycles. The number of fused-ring (bicyclic) bond motifs is 2. The van der Waals surface area contributed by atoms with Crippen molar-refractivity contribution in [2.45, 2.75) is 33.1 Å². The van der Waals surface area contributed by atoms with Gasteiger partial charge in [-0.05, 0) is 47.2 Å². The van der Waals surface area contributed by atoms with Gasteiger partial charge in [0.1, 0.15) is 0 Å². The average Bonchev–Trinajstić information content (AvgIpc) is 2.59. The molecular weight excluding hydrogens is 284 g/mol. The van der Waals surface area contributed by atoms with E-state index >= 15 is 0 Å². The summed E-state index contributed by atoms with van der Waals surface area (Å²) in [6.45, 7) is 5.73. The lowest BCUT2D eigenvalue weighted by atomic mass is 10.0. The Kier molecular flexibility index (Phi) is 5.02. The molecule has 0 bridgehead atoms. The molecule has 3 aromatic rings. The zero-order valence-corrected chi connectivity index (χ0v) is 14.0. The minimum Gasteiger partial charge on any atom is -0.490 e. The lowest BCUT2D eigenvalue weighted by Gasteiger charge is -2.15. The van der Waals surface area contributed by atoms with Crippen molar-refractivity contribution in [2.24, 2.45) is 0 Å². The van der Waals surface area contributed by atoms with Crippen molar-refractivity contribution in [1.82, 2.24) is 0 Å². The highest BCUT2D eigenvalue weighted by molar-refractivity contribution is 6.01. The van der Waals surface area contributed by atoms with Gasteiger partial charge in [-0.15, -0.1) is 0 Å². The molecule has 0 radical (unpaired) electrons. The third-order valence-electron chi connectivity index (χ3n) is 4.01. The lowest BCUT2D eigenvalue weighted by molar-refractivity contribution is 0.268. The van der Waals surface area contributed by atoms with Gasteiger partial charge in [-0.2, -0.15) is 0 Å². The van der Waals surface area contributed by atoms with Gasteiger partial charge in [0.15, 0.2) is 11.5 Å². The van der Waals surface area contributed by atoms with Crippen molar-refractivity contribution < 1.29 is 9.47 Å². The molecule has 0 spiro atoms. The number of hydrogen-bond donors (Lipinski definition) is 0. The fraction of sp³-hybridized carbons (Fsp3) is 0.333. The normalized spacial score (nSPS) is 11.0. The molecule has 2 nitrogen and oxygen atoms in total. The van der Waals surface area contributed by atoms with Gasteiger partial charge in [-0.3, -0.25) is 0 Å². The SMILES string of the molecule is CCCCOc1c(OCCC)ccc2cc3ccccc3cc12. The van der Waals surface area contributed by atoms with Crippen LogP contribution in [0.3, 0.4) is 0 Å². The van der Waals surface area contributed by atoms with Gasteiger partial charge in [-0.25, -0.2) is 0 Å². The van der Waals surface area contributed by atoms with Crippen LogP contribution in [0.15, 0.2) is 48.5 Å². The third-order valence-corrected chi connectivity index (χ3v) is 4.01. The Morgan fingerprint density at radius 1 is 0.739 bits per heavy atom. The van der Waals surface area contributed by atoms with Crippen molar-refractivity contribution in [3.63, 3.8) is 0 Å². The second-order valence-corrected chi connectivity index (χ2v) is 5.86. The summed E-state index contributed by atoms with van der Waals surface area (Å²) in [6.07, 6.45) is 3.17. The van der Waals surface area contributed by atoms with Crippen LogP contribution >= 0.6 is 0 Å². The van der Waals surface area contributed by atoms with Crippen LogP contribution in [0.2, 0.25) is 0 Å². The molecule has 0 aromatic heterocycles. The van der Waals surface area contributed by atoms with E-state index in [1.54, 1.807) is 0 Å². The highest BCUT2D eigenvalue weighted by atomic mass is 16.5. The van der Waals surface area contributed by atoms with Crippen LogP contribution < -0.4 is 9.47 Å². The van der Waals surface area contributed by atoms with Crippen LogP contribution in [0.1, 0.15) is 33.1 Å². The number of ether oxygens (including phenoxy) is 2. The van der Waals surface area contributed by atoms with Crippen LogP contribution in [0, 0.1) is 0 Å². The molecule has 3 aromatic carbocycles. The van der Waals surface area contributed by atoms with Gasteiger partial charge >= 0.3 is 0 Å². The van der Waals surface area contributed by atoms with Crippen molar-refractivity contribution in [1.29, 1.82) is 0 Å². The maximum Gasteiger partial charge on any atom is 0.168 e. The van der Waals surface area contributed by atoms with Crippen molar-refractivity contribution in [3.05, 3.63) is 48.5 Å². The van der Waals surface area contributed by atoms with Crippen molar-refractivity contribution in [3.8, 4) is 11.5 Å². The minimum atomic E-state index is 0.712. The first-order valence-corrected chi connectivity index (χ1v) is 8.54. The average molecular weight is 308 g/mol. The van der Waals surface area contributed by atoms with Gasteiger partial charge < -0.3 is 9.47 Å². The summed E-state index contributed by atoms with van der Waals surface area (Å²) in [5.41, 5.74) is 0. The second kappa shape index (κ2) is 7.36. The van der Waals surface area contributed by atoms with Gasteiger partial charge in [0.2, 0.25) is 0 Å². The van der Waals surface area contributed by atoms with Gasteiger partial charge in [0, 0.05) is 5.39 Å². The fourth-order valence-electron chi connectivity index (χ4n) is 2.76. The molecule has 2 heteroatoms. The Balaban J connectivity index is 2.10. The van der Waals surface area contributed by atoms with E-state index in [1.165, 1.54) is 16.2 Å². The van der Waals surface area contributed by atoms with E-state index in [0.717, 1.165) is 42.8 Å². The highest BCUT2D eigenvalue weighted by Crippen LogP contribution is 2.38. The zero-order chi connectivity index (χ0) is 16.1. The smallest absolute Gasteiger partial charge is 0.168 e. The van der Waals surface area contributed by atoms with E-state index < -0.39 is 0 Å². The van der Waals surface area contributed by atoms with Crippen molar-refractivity contribution >= 4 is 21.5 Å². The van der Waals surface area contributed by atoms with E-state index in [2.05, 4.69) is 56.3 Å². The summed E-state index contributed by atoms with van der Waals surface area (Å²) >= 11 is 0. The molecule has 0 saturated heterocycles. The molecule has 0 N–H and O–H groups in total. The van der Waals surface area contributed by atoms with E-state index in [0.29, 0.717) is 6.61 Å². The number of rotatable bonds is 7. The molecule has 0 heterocycles. The second-order valence-electron chi connectivity index (χ2n) is 5.86. The van der Waals surface area contributed by atoms with Crippen LogP contribution in [0.25, 0.3) is 21.5 Å². The third kappa shape index (κ3) is 3.42. The van der Waals surface area contributed by atoms with E-state index in [-0.39, 0.29) is 0 Å². The number of hydrogen-bond acceptors (Lipinski definition) is 2. The van der Waals surface area contributed by atoms with Crippen LogP contribution in [0.4, 0.5) is 0 Å². The Bertz CT molecular complexity index is 792. The summed E-state index contributed by atoms with van der Waals surface area (Å²) in [5, 5.41) is 4.81. The van der Waals surface area contributed by atoms with E-state index in [1.807, 2.05) is 6.07 Å². The number of benzene rings is 3. The maximum atomic E-state index is 6.11. The molecule has 0 fully saturated rings. The molecule has 0 unspecified atom stereocenters. The van der Waals surface area contributed by atoms with E-state index in [4.69, 9.17) is 9.47 Å². The van der Waals surface area contributed by atoms with Crippen LogP contribution in [-0.4, -0.2) is 13.2 Å². The maximum absolute atomic E-state index is 6.11. The quantitative estimate of drug-likeness (QED) is 0.396. The lowest BCUT2D eigenvalue weighted by Crippen LogP contribution is -2.02. The van der Waals surface area contributed by atoms with Crippen LogP contribution in [-0.2, 0) is 0 Å². The van der Waals surface area contributed by atoms with Gasteiger partial charge in [0.05, 0.1) is 13.2 Å². The predicted molar refractivity (Wildman–Crippen MR) is 97.6 cm³/mol. The predicted octanol–water partition coefficient (Wildman–Crippen LogP) is 5.96. The molecule has 3 rings (SSSR count). The first-order valence-electron chi connectivity index (χ1n) is 8.54. The van der Waals surface area contributed by atoms with E-state index in [9.17, 15) is 0 Å². The topological polar surface area (TPSA) is 18.5 Å². The van der Waals surface area contributed by atoms with Gasteiger partial charge in [-0.1, -0.05) is 50.6 Å². The molecule has 0 aliphatic rings. The Morgan fingerprint density at radius 3 is 2.26 bits per heavy atom. The first kappa shape index (κ1) is 15.7. The van der Waals surface area contributed by atoms with Crippen molar-refractivity contribution in [2.75, 3.05) is 13.2 Å². The molecule has 0 aliphatic carbocycles. The minimum absolute atomic E-state index is 0.712. The molecule has 23 heavy (non-hydrogen) atoms. The monoisotopic (exact) mass is 308 g/mol. The summed E-state index contributed by atoms with van der Waals surface area (Å²) in [6, 6.07) is 17.0. The molecule has 0 amide bonds. The van der Waals surface area contributed by atoms with Gasteiger partial charge in [0.25, 0.3) is 0 Å². The Hall–Kier alpha value is -2.22. The molecule has 120 valence electrons. The van der Waals surface area contributed by atoms with Crippen LogP contribution in [0.5, 0.6) is 11.5 Å². The zero-order valence-electron chi connectivity index (χ0n) is 14.0. The standard InChI is InChI=1S/C21H24O2/c1-3-5-13-23-21-19-15-17-9-7-6-8-16(17)14-18(19)10-11-20(21)22-12-4-2/h6-11,14-15H,3-5,12-13H2,1-2H3. The fourth-order valence-corrected chi connectivity index (χ4v) is 2.76. The summed E-state index contributed by atoms with van der Waals surface area (Å²) in [5.74, 6) is 1.74. The molecule has 0 atom stereocenters. The largest absolute Gasteiger partial charge is 0.490 e. The first-order chi connectivity index (χ1) is 11.3. The number of unbranched alkanes of at least 4 members (excludes halogenated alkanes) is 1. The summed E-state index contributed by atoms with van der Waals surface area (Å²) in [7, 11) is 0. The summed E-state index contributed by atoms with van der Waals surface area (Å²) < 4.78 is 12.0. The summed E-state index contributed by atoms with van der Waals surface area (Å²) in [4.78, 5) is 0. The Morgan fingerprint density at radius 2 is 1.52 bits per heavy atom. The molecular formula is C21H24O2. The molecule has 0 aliphatic heterocycles.